The lowest BCUT2D eigenvalue weighted by atomic mass is 9.81. The van der Waals surface area contributed by atoms with Gasteiger partial charge in [0.2, 0.25) is 17.7 Å². The topological polar surface area (TPSA) is 135 Å². The number of hydrogen-bond donors (Lipinski definition) is 1. The molecule has 2 aliphatic heterocycles. The van der Waals surface area contributed by atoms with Crippen molar-refractivity contribution in [3.05, 3.63) is 40.1 Å². The molecule has 4 aromatic rings. The molecule has 0 unspecified atom stereocenters. The monoisotopic (exact) mass is 634 g/mol. The second-order valence-corrected chi connectivity index (χ2v) is 13.6. The first kappa shape index (κ1) is 29.9. The van der Waals surface area contributed by atoms with Crippen LogP contribution in [0.1, 0.15) is 52.9 Å². The summed E-state index contributed by atoms with van der Waals surface area (Å²) in [5.74, 6) is 1.96. The zero-order chi connectivity index (χ0) is 31.2. The molecule has 1 N–H and O–H groups in total. The highest BCUT2D eigenvalue weighted by molar-refractivity contribution is 6.30. The van der Waals surface area contributed by atoms with Gasteiger partial charge in [-0.05, 0) is 44.2 Å². The summed E-state index contributed by atoms with van der Waals surface area (Å²) in [5.41, 5.74) is 3.41. The van der Waals surface area contributed by atoms with Crippen molar-refractivity contribution in [2.24, 2.45) is 17.8 Å². The Labute approximate surface area is 266 Å². The molecule has 0 radical (unpaired) electrons. The number of nitrogens with one attached hydrogen (secondary N) is 1. The minimum Gasteiger partial charge on any atom is -0.380 e. The van der Waals surface area contributed by atoms with Crippen molar-refractivity contribution >= 4 is 34.5 Å². The molecule has 3 fully saturated rings. The van der Waals surface area contributed by atoms with E-state index in [1.165, 1.54) is 25.7 Å². The Hall–Kier alpha value is -3.77. The van der Waals surface area contributed by atoms with Crippen LogP contribution in [0.5, 0.6) is 0 Å². The minimum absolute atomic E-state index is 0.0281. The number of carbonyl (C=O) groups excluding carboxylic acids is 1. The Morgan fingerprint density at radius 1 is 1.04 bits per heavy atom. The number of aromatic nitrogens is 6. The van der Waals surface area contributed by atoms with Gasteiger partial charge < -0.3 is 19.1 Å². The minimum atomic E-state index is -0.658. The maximum absolute atomic E-state index is 13.2. The van der Waals surface area contributed by atoms with Crippen molar-refractivity contribution in [3.8, 4) is 22.8 Å². The summed E-state index contributed by atoms with van der Waals surface area (Å²) >= 11 is 6.43. The number of carbonyl (C=O) groups is 1. The zero-order valence-corrected chi connectivity index (χ0v) is 26.7. The predicted molar refractivity (Wildman–Crippen MR) is 170 cm³/mol. The van der Waals surface area contributed by atoms with Gasteiger partial charge in [0.15, 0.2) is 0 Å². The zero-order valence-electron chi connectivity index (χ0n) is 25.9. The van der Waals surface area contributed by atoms with Crippen molar-refractivity contribution in [2.45, 2.75) is 71.5 Å². The number of nitrogens with zero attached hydrogens (tertiary/aromatic N) is 7. The maximum Gasteiger partial charge on any atom is 0.439 e. The van der Waals surface area contributed by atoms with E-state index < -0.39 is 5.76 Å². The average molecular weight is 635 g/mol. The van der Waals surface area contributed by atoms with Crippen molar-refractivity contribution in [1.82, 2.24) is 34.6 Å². The number of hydrogen-bond acceptors (Lipinski definition) is 9. The van der Waals surface area contributed by atoms with E-state index in [0.29, 0.717) is 48.6 Å². The van der Waals surface area contributed by atoms with Gasteiger partial charge in [0.25, 0.3) is 0 Å². The van der Waals surface area contributed by atoms with Gasteiger partial charge in [-0.2, -0.15) is 0 Å². The smallest absolute Gasteiger partial charge is 0.380 e. The van der Waals surface area contributed by atoms with Crippen LogP contribution in [-0.2, 0) is 16.1 Å². The van der Waals surface area contributed by atoms with E-state index in [1.807, 2.05) is 17.0 Å². The summed E-state index contributed by atoms with van der Waals surface area (Å²) in [6, 6.07) is 3.74. The quantitative estimate of drug-likeness (QED) is 0.305. The molecule has 13 heteroatoms. The second kappa shape index (κ2) is 12.2. The number of amides is 1. The van der Waals surface area contributed by atoms with E-state index in [9.17, 15) is 9.59 Å². The van der Waals surface area contributed by atoms with Crippen molar-refractivity contribution in [3.63, 3.8) is 0 Å². The van der Waals surface area contributed by atoms with Gasteiger partial charge in [-0.3, -0.25) is 19.3 Å². The van der Waals surface area contributed by atoms with Crippen molar-refractivity contribution in [1.29, 1.82) is 0 Å². The van der Waals surface area contributed by atoms with Crippen LogP contribution in [-0.4, -0.2) is 78.9 Å². The van der Waals surface area contributed by atoms with Crippen LogP contribution in [0.25, 0.3) is 33.8 Å². The third-order valence-corrected chi connectivity index (χ3v) is 9.92. The molecule has 1 amide bonds. The number of anilines is 1. The number of pyridine rings is 2. The molecule has 7 rings (SSSR count). The van der Waals surface area contributed by atoms with Crippen LogP contribution in [0.3, 0.4) is 0 Å². The van der Waals surface area contributed by atoms with E-state index in [0.717, 1.165) is 41.4 Å². The first-order valence-electron chi connectivity index (χ1n) is 16.0. The van der Waals surface area contributed by atoms with Crippen LogP contribution >= 0.6 is 11.6 Å². The standard InChI is InChI=1S/C32H39ClN8O4/c1-18-4-6-21(7-5-18)8-9-40-28-25(36-31(40)41-19(2)14-39(15-20(41)3)30(42)23-16-44-17-23)11-26(29-37-32(43)45-38-29)35-27(28)22-10-24(33)13-34-12-22/h10-13,18-21,23H,4-9,14-17H2,1-3H3,(H,37,38,43)/t18?,19-,20-,21?/m1/s1. The van der Waals surface area contributed by atoms with Crippen molar-refractivity contribution in [2.75, 3.05) is 31.2 Å². The first-order chi connectivity index (χ1) is 21.7. The molecule has 238 valence electrons. The maximum atomic E-state index is 13.2. The van der Waals surface area contributed by atoms with E-state index in [2.05, 4.69) is 45.4 Å². The van der Waals surface area contributed by atoms with Crippen LogP contribution in [0.2, 0.25) is 5.02 Å². The number of ether oxygens (including phenoxy) is 1. The Bertz CT molecular complexity index is 1740. The van der Waals surface area contributed by atoms with Gasteiger partial charge >= 0.3 is 5.76 Å². The number of fused-ring (bicyclic) bond motifs is 1. The van der Waals surface area contributed by atoms with Gasteiger partial charge in [0.1, 0.15) is 5.69 Å². The number of halogens is 1. The van der Waals surface area contributed by atoms with Crippen LogP contribution in [0.4, 0.5) is 5.95 Å². The number of piperazine rings is 1. The van der Waals surface area contributed by atoms with Crippen molar-refractivity contribution < 1.29 is 14.1 Å². The molecular weight excluding hydrogens is 596 g/mol. The van der Waals surface area contributed by atoms with Gasteiger partial charge in [0, 0.05) is 49.7 Å². The molecule has 2 saturated heterocycles. The number of aromatic amines is 1. The molecule has 4 aromatic heterocycles. The molecule has 0 spiro atoms. The Morgan fingerprint density at radius 3 is 2.44 bits per heavy atom. The largest absolute Gasteiger partial charge is 0.439 e. The first-order valence-corrected chi connectivity index (χ1v) is 16.4. The number of H-pyrrole nitrogens is 1. The van der Waals surface area contributed by atoms with Crippen LogP contribution in [0.15, 0.2) is 33.8 Å². The molecule has 45 heavy (non-hydrogen) atoms. The average Bonchev–Trinajstić information content (AvgIpc) is 3.58. The van der Waals surface area contributed by atoms with E-state index in [1.54, 1.807) is 12.4 Å². The SMILES string of the molecule is CC1CCC(CCn2c(N3[C@H](C)CN(C(=O)C4COC4)C[C@H]3C)nc3cc(-c4noc(=O)[nH]4)nc(-c4cncc(Cl)c4)c32)CC1. The number of rotatable bonds is 7. The summed E-state index contributed by atoms with van der Waals surface area (Å²) in [6.07, 6.45) is 9.34. The molecule has 6 heterocycles. The number of imidazole rings is 1. The summed E-state index contributed by atoms with van der Waals surface area (Å²) in [7, 11) is 0. The van der Waals surface area contributed by atoms with E-state index in [-0.39, 0.29) is 29.7 Å². The van der Waals surface area contributed by atoms with E-state index >= 15 is 0 Å². The van der Waals surface area contributed by atoms with Crippen LogP contribution in [0, 0.1) is 17.8 Å². The second-order valence-electron chi connectivity index (χ2n) is 13.1. The summed E-state index contributed by atoms with van der Waals surface area (Å²) in [4.78, 5) is 46.6. The van der Waals surface area contributed by atoms with Gasteiger partial charge in [0.05, 0.1) is 40.9 Å². The molecule has 2 atom stereocenters. The fourth-order valence-electron chi connectivity index (χ4n) is 7.22. The third kappa shape index (κ3) is 5.85. The fourth-order valence-corrected chi connectivity index (χ4v) is 7.39. The molecule has 1 aliphatic carbocycles. The lowest BCUT2D eigenvalue weighted by Crippen LogP contribution is -2.61. The molecule has 0 bridgehead atoms. The molecule has 3 aliphatic rings. The molecular formula is C32H39ClN8O4. The van der Waals surface area contributed by atoms with Gasteiger partial charge in [-0.25, -0.2) is 14.8 Å². The predicted octanol–water partition coefficient (Wildman–Crippen LogP) is 4.78. The van der Waals surface area contributed by atoms with Crippen LogP contribution < -0.4 is 10.7 Å². The Balaban J connectivity index is 1.34. The fraction of sp³-hybridized carbons (Fsp3) is 0.562. The highest BCUT2D eigenvalue weighted by Gasteiger charge is 2.39. The number of aryl methyl sites for hydroxylation is 1. The summed E-state index contributed by atoms with van der Waals surface area (Å²) in [6.45, 7) is 9.66. The summed E-state index contributed by atoms with van der Waals surface area (Å²) < 4.78 is 12.4. The lowest BCUT2D eigenvalue weighted by molar-refractivity contribution is -0.151. The molecule has 1 saturated carbocycles. The Morgan fingerprint density at radius 2 is 1.80 bits per heavy atom. The molecule has 0 aromatic carbocycles. The van der Waals surface area contributed by atoms with E-state index in [4.69, 9.17) is 30.8 Å². The normalized spacial score (nSPS) is 24.3. The van der Waals surface area contributed by atoms with Gasteiger partial charge in [-0.15, -0.1) is 0 Å². The third-order valence-electron chi connectivity index (χ3n) is 9.71. The highest BCUT2D eigenvalue weighted by atomic mass is 35.5. The highest BCUT2D eigenvalue weighted by Crippen LogP contribution is 2.38. The Kier molecular flexibility index (Phi) is 8.11. The van der Waals surface area contributed by atoms with Gasteiger partial charge in [-0.1, -0.05) is 49.4 Å². The summed E-state index contributed by atoms with van der Waals surface area (Å²) in [5, 5.41) is 4.40. The molecule has 12 nitrogen and oxygen atoms in total. The lowest BCUT2D eigenvalue weighted by Gasteiger charge is -2.46.